The van der Waals surface area contributed by atoms with E-state index in [2.05, 4.69) is 10.6 Å². The van der Waals surface area contributed by atoms with Crippen LogP contribution in [0.2, 0.25) is 0 Å². The second-order valence-electron chi connectivity index (χ2n) is 7.69. The number of carboxylic acid groups (broad SMARTS) is 1. The van der Waals surface area contributed by atoms with Crippen LogP contribution in [0, 0.1) is 11.6 Å². The van der Waals surface area contributed by atoms with Gasteiger partial charge in [-0.1, -0.05) is 12.1 Å². The van der Waals surface area contributed by atoms with Crippen LogP contribution >= 0.6 is 0 Å². The summed E-state index contributed by atoms with van der Waals surface area (Å²) in [7, 11) is 1.34. The Morgan fingerprint density at radius 3 is 2.56 bits per heavy atom. The number of ether oxygens (including phenoxy) is 1. The second-order valence-corrected chi connectivity index (χ2v) is 7.69. The zero-order valence-electron chi connectivity index (χ0n) is 18.1. The average molecular weight is 455 g/mol. The van der Waals surface area contributed by atoms with Crippen LogP contribution < -0.4 is 10.6 Å². The molecule has 0 radical (unpaired) electrons. The molecule has 1 fully saturated rings. The number of rotatable bonds is 10. The molecule has 1 aromatic rings. The first-order valence-electron chi connectivity index (χ1n) is 10.1. The van der Waals surface area contributed by atoms with Gasteiger partial charge in [0.05, 0.1) is 6.10 Å². The van der Waals surface area contributed by atoms with E-state index < -0.39 is 53.6 Å². The van der Waals surface area contributed by atoms with Gasteiger partial charge in [-0.15, -0.1) is 0 Å². The maximum absolute atomic E-state index is 14.0. The number of nitrogens with zero attached hydrogens (tertiary/aromatic N) is 1. The Kier molecular flexibility index (Phi) is 8.64. The monoisotopic (exact) mass is 455 g/mol. The fourth-order valence-electron chi connectivity index (χ4n) is 3.42. The van der Waals surface area contributed by atoms with Crippen LogP contribution in [0.4, 0.5) is 8.78 Å². The summed E-state index contributed by atoms with van der Waals surface area (Å²) in [6.07, 6.45) is -0.431. The standard InChI is InChI=1S/C21H27F2N3O6/c1-11(21(30)31)24-20(29)19(12(2)32-3)25-16(27)9-14-7-8-17(28)26(14)10-13-5-4-6-15(22)18(13)23/h4-6,11-12,14,19H,7-10H2,1-3H3,(H,24,29)(H,25,27)(H,30,31)/t11-,12+,14-,19-/m0/s1. The Balaban J connectivity index is 2.07. The predicted octanol–water partition coefficient (Wildman–Crippen LogP) is 0.955. The topological polar surface area (TPSA) is 125 Å². The van der Waals surface area contributed by atoms with Gasteiger partial charge >= 0.3 is 5.97 Å². The Bertz CT molecular complexity index is 881. The minimum absolute atomic E-state index is 0.00132. The van der Waals surface area contributed by atoms with E-state index in [1.54, 1.807) is 0 Å². The third-order valence-corrected chi connectivity index (χ3v) is 5.42. The van der Waals surface area contributed by atoms with Gasteiger partial charge < -0.3 is 25.4 Å². The quantitative estimate of drug-likeness (QED) is 0.483. The molecule has 11 heteroatoms. The Morgan fingerprint density at radius 1 is 1.25 bits per heavy atom. The lowest BCUT2D eigenvalue weighted by molar-refractivity contribution is -0.142. The highest BCUT2D eigenvalue weighted by molar-refractivity contribution is 5.91. The average Bonchev–Trinajstić information content (AvgIpc) is 3.07. The SMILES string of the molecule is CO[C@H](C)[C@H](NC(=O)C[C@@H]1CCC(=O)N1Cc1cccc(F)c1F)C(=O)N[C@@H](C)C(=O)O. The summed E-state index contributed by atoms with van der Waals surface area (Å²) in [5.74, 6) is -4.90. The second kappa shape index (κ2) is 11.0. The lowest BCUT2D eigenvalue weighted by Crippen LogP contribution is -2.56. The van der Waals surface area contributed by atoms with Gasteiger partial charge in [-0.3, -0.25) is 19.2 Å². The van der Waals surface area contributed by atoms with E-state index in [0.29, 0.717) is 6.42 Å². The zero-order chi connectivity index (χ0) is 24.0. The van der Waals surface area contributed by atoms with Crippen molar-refractivity contribution in [1.82, 2.24) is 15.5 Å². The number of nitrogens with one attached hydrogen (secondary N) is 2. The Hall–Kier alpha value is -3.08. The van der Waals surface area contributed by atoms with E-state index in [1.165, 1.54) is 38.0 Å². The minimum atomic E-state index is -1.24. The first-order chi connectivity index (χ1) is 15.0. The number of halogens is 2. The molecule has 0 spiro atoms. The van der Waals surface area contributed by atoms with E-state index in [-0.39, 0.29) is 30.9 Å². The van der Waals surface area contributed by atoms with Crippen molar-refractivity contribution in [2.45, 2.75) is 63.9 Å². The number of benzene rings is 1. The molecule has 0 aromatic heterocycles. The first kappa shape index (κ1) is 25.2. The molecule has 1 aromatic carbocycles. The lowest BCUT2D eigenvalue weighted by Gasteiger charge is -2.27. The number of aliphatic carboxylic acids is 1. The maximum atomic E-state index is 14.0. The smallest absolute Gasteiger partial charge is 0.325 e. The van der Waals surface area contributed by atoms with Gasteiger partial charge in [0.2, 0.25) is 17.7 Å². The molecule has 1 aliphatic rings. The summed E-state index contributed by atoms with van der Waals surface area (Å²) < 4.78 is 32.6. The lowest BCUT2D eigenvalue weighted by atomic mass is 10.1. The highest BCUT2D eigenvalue weighted by atomic mass is 19.2. The van der Waals surface area contributed by atoms with Gasteiger partial charge in [-0.2, -0.15) is 0 Å². The van der Waals surface area contributed by atoms with E-state index in [1.807, 2.05) is 0 Å². The van der Waals surface area contributed by atoms with Crippen LogP contribution in [-0.4, -0.2) is 65.0 Å². The zero-order valence-corrected chi connectivity index (χ0v) is 18.1. The van der Waals surface area contributed by atoms with Crippen molar-refractivity contribution >= 4 is 23.7 Å². The van der Waals surface area contributed by atoms with Gasteiger partial charge in [0.1, 0.15) is 12.1 Å². The first-order valence-corrected chi connectivity index (χ1v) is 10.1. The van der Waals surface area contributed by atoms with Crippen LogP contribution in [0.25, 0.3) is 0 Å². The van der Waals surface area contributed by atoms with Gasteiger partial charge in [0, 0.05) is 38.1 Å². The van der Waals surface area contributed by atoms with E-state index in [4.69, 9.17) is 9.84 Å². The van der Waals surface area contributed by atoms with Crippen molar-refractivity contribution in [3.63, 3.8) is 0 Å². The molecule has 0 aliphatic carbocycles. The summed E-state index contributed by atoms with van der Waals surface area (Å²) in [6.45, 7) is 2.63. The molecule has 3 amide bonds. The normalized spacial score (nSPS) is 18.7. The number of amides is 3. The summed E-state index contributed by atoms with van der Waals surface area (Å²) in [5.41, 5.74) is -0.00132. The molecule has 1 saturated heterocycles. The van der Waals surface area contributed by atoms with Gasteiger partial charge in [-0.25, -0.2) is 8.78 Å². The number of carbonyl (C=O) groups excluding carboxylic acids is 3. The molecular weight excluding hydrogens is 428 g/mol. The molecule has 176 valence electrons. The minimum Gasteiger partial charge on any atom is -0.480 e. The van der Waals surface area contributed by atoms with Crippen LogP contribution in [0.5, 0.6) is 0 Å². The third kappa shape index (κ3) is 6.22. The summed E-state index contributed by atoms with van der Waals surface area (Å²) in [4.78, 5) is 49.7. The summed E-state index contributed by atoms with van der Waals surface area (Å²) in [6, 6.07) is 0.776. The number of carbonyl (C=O) groups is 4. The van der Waals surface area contributed by atoms with Crippen LogP contribution in [0.15, 0.2) is 18.2 Å². The van der Waals surface area contributed by atoms with Gasteiger partial charge in [0.15, 0.2) is 11.6 Å². The molecule has 3 N–H and O–H groups in total. The molecule has 0 bridgehead atoms. The maximum Gasteiger partial charge on any atom is 0.325 e. The van der Waals surface area contributed by atoms with Crippen LogP contribution in [-0.2, 0) is 30.5 Å². The number of hydrogen-bond acceptors (Lipinski definition) is 5. The largest absolute Gasteiger partial charge is 0.480 e. The molecule has 0 saturated carbocycles. The summed E-state index contributed by atoms with van der Waals surface area (Å²) in [5, 5.41) is 13.8. The molecule has 1 heterocycles. The molecular formula is C21H27F2N3O6. The van der Waals surface area contributed by atoms with Gasteiger partial charge in [-0.05, 0) is 26.3 Å². The van der Waals surface area contributed by atoms with Crippen molar-refractivity contribution in [3.8, 4) is 0 Å². The molecule has 32 heavy (non-hydrogen) atoms. The van der Waals surface area contributed by atoms with Crippen molar-refractivity contribution in [3.05, 3.63) is 35.4 Å². The number of hydrogen-bond donors (Lipinski definition) is 3. The van der Waals surface area contributed by atoms with Crippen molar-refractivity contribution in [2.75, 3.05) is 7.11 Å². The Morgan fingerprint density at radius 2 is 1.94 bits per heavy atom. The van der Waals surface area contributed by atoms with E-state index >= 15 is 0 Å². The van der Waals surface area contributed by atoms with Crippen molar-refractivity contribution in [1.29, 1.82) is 0 Å². The fourth-order valence-corrected chi connectivity index (χ4v) is 3.42. The highest BCUT2D eigenvalue weighted by Gasteiger charge is 2.35. The van der Waals surface area contributed by atoms with Crippen LogP contribution in [0.3, 0.4) is 0 Å². The van der Waals surface area contributed by atoms with Crippen LogP contribution in [0.1, 0.15) is 38.7 Å². The fraction of sp³-hybridized carbons (Fsp3) is 0.524. The third-order valence-electron chi connectivity index (χ3n) is 5.42. The molecule has 1 aliphatic heterocycles. The molecule has 2 rings (SSSR count). The van der Waals surface area contributed by atoms with Crippen molar-refractivity contribution in [2.24, 2.45) is 0 Å². The highest BCUT2D eigenvalue weighted by Crippen LogP contribution is 2.25. The number of methoxy groups -OCH3 is 1. The summed E-state index contributed by atoms with van der Waals surface area (Å²) >= 11 is 0. The van der Waals surface area contributed by atoms with Crippen molar-refractivity contribution < 1.29 is 37.8 Å². The van der Waals surface area contributed by atoms with E-state index in [9.17, 15) is 28.0 Å². The van der Waals surface area contributed by atoms with E-state index in [0.717, 1.165) is 6.07 Å². The predicted molar refractivity (Wildman–Crippen MR) is 108 cm³/mol. The molecule has 4 atom stereocenters. The number of likely N-dealkylation sites (tertiary alicyclic amines) is 1. The van der Waals surface area contributed by atoms with Gasteiger partial charge in [0.25, 0.3) is 0 Å². The molecule has 9 nitrogen and oxygen atoms in total. The molecule has 0 unspecified atom stereocenters. The Labute approximate surface area is 184 Å². The number of carboxylic acids is 1.